The van der Waals surface area contributed by atoms with Crippen molar-refractivity contribution in [2.75, 3.05) is 25.6 Å². The lowest BCUT2D eigenvalue weighted by Gasteiger charge is -2.24. The van der Waals surface area contributed by atoms with E-state index in [4.69, 9.17) is 10.5 Å². The molecule has 0 unspecified atom stereocenters. The number of fused-ring (bicyclic) bond motifs is 1. The van der Waals surface area contributed by atoms with Gasteiger partial charge in [-0.2, -0.15) is 0 Å². The Morgan fingerprint density at radius 2 is 2.00 bits per heavy atom. The number of carbonyl (C=O) groups is 1. The largest absolute Gasteiger partial charge is 0.394 e. The van der Waals surface area contributed by atoms with Crippen molar-refractivity contribution in [2.45, 2.75) is 37.1 Å². The Bertz CT molecular complexity index is 1120. The molecule has 1 aliphatic rings. The molecule has 0 amide bonds. The number of Topliss-reactive ketones (excluding diaryl/α,β-unsaturated/α-hetero) is 1. The van der Waals surface area contributed by atoms with Crippen molar-refractivity contribution in [1.29, 1.82) is 0 Å². The number of halogens is 2. The number of alkyl halides is 2. The molecule has 0 radical (unpaired) electrons. The summed E-state index contributed by atoms with van der Waals surface area (Å²) in [4.78, 5) is 26.9. The second kappa shape index (κ2) is 9.08. The summed E-state index contributed by atoms with van der Waals surface area (Å²) >= 11 is 0. The first kappa shape index (κ1) is 23.1. The fraction of sp³-hybridized carbons (Fsp3) is 0.455. The molecular formula is C22H26F2N6O3. The van der Waals surface area contributed by atoms with Crippen molar-refractivity contribution in [1.82, 2.24) is 19.5 Å². The molecule has 4 atom stereocenters. The van der Waals surface area contributed by atoms with Crippen LogP contribution in [-0.2, 0) is 16.0 Å². The van der Waals surface area contributed by atoms with Crippen LogP contribution in [0.2, 0.25) is 0 Å². The first-order chi connectivity index (χ1) is 15.7. The third-order valence-electron chi connectivity index (χ3n) is 5.90. The predicted molar refractivity (Wildman–Crippen MR) is 117 cm³/mol. The third kappa shape index (κ3) is 4.31. The van der Waals surface area contributed by atoms with Crippen LogP contribution in [0.25, 0.3) is 11.2 Å². The van der Waals surface area contributed by atoms with Crippen LogP contribution < -0.4 is 10.6 Å². The Labute approximate surface area is 189 Å². The number of nitrogens with two attached hydrogens (primary N) is 1. The van der Waals surface area contributed by atoms with Gasteiger partial charge < -0.3 is 20.5 Å². The van der Waals surface area contributed by atoms with Gasteiger partial charge in [0.25, 0.3) is 5.92 Å². The molecule has 2 aromatic heterocycles. The fourth-order valence-corrected chi connectivity index (χ4v) is 4.16. The van der Waals surface area contributed by atoms with Crippen LogP contribution in [0.5, 0.6) is 0 Å². The number of nitrogens with zero attached hydrogens (tertiary/aromatic N) is 5. The normalized spacial score (nSPS) is 23.0. The number of hydrogen-bond donors (Lipinski definition) is 2. The van der Waals surface area contributed by atoms with Crippen LogP contribution in [0.3, 0.4) is 0 Å². The van der Waals surface area contributed by atoms with E-state index in [9.17, 15) is 9.90 Å². The molecule has 4 rings (SSSR count). The van der Waals surface area contributed by atoms with Gasteiger partial charge in [0.15, 0.2) is 17.0 Å². The first-order valence-electron chi connectivity index (χ1n) is 10.5. The minimum Gasteiger partial charge on any atom is -0.394 e. The van der Waals surface area contributed by atoms with E-state index >= 15 is 8.78 Å². The quantitative estimate of drug-likeness (QED) is 0.520. The molecule has 1 aliphatic heterocycles. The molecule has 0 spiro atoms. The van der Waals surface area contributed by atoms with Crippen molar-refractivity contribution in [3.05, 3.63) is 48.5 Å². The summed E-state index contributed by atoms with van der Waals surface area (Å²) in [5.41, 5.74) is 7.36. The maximum Gasteiger partial charge on any atom is 0.298 e. The SMILES string of the molecule is CN(C)c1ncnc2c1ncn2[C@@H]1O[C@H](CO)[C@H](CC(=O)[C@@H](N)Cc2ccccc2)C1(F)F. The van der Waals surface area contributed by atoms with Gasteiger partial charge in [0.05, 0.1) is 31.0 Å². The van der Waals surface area contributed by atoms with E-state index in [2.05, 4.69) is 15.0 Å². The Kier molecular flexibility index (Phi) is 6.37. The number of carbonyl (C=O) groups excluding carboxylic acids is 1. The minimum absolute atomic E-state index is 0.169. The van der Waals surface area contributed by atoms with Gasteiger partial charge in [-0.05, 0) is 12.0 Å². The highest BCUT2D eigenvalue weighted by Gasteiger charge is 2.60. The molecule has 0 bridgehead atoms. The Morgan fingerprint density at radius 3 is 2.67 bits per heavy atom. The zero-order chi connectivity index (χ0) is 23.8. The molecule has 0 saturated carbocycles. The van der Waals surface area contributed by atoms with Gasteiger partial charge in [-0.3, -0.25) is 9.36 Å². The molecular weight excluding hydrogens is 434 g/mol. The molecule has 11 heteroatoms. The van der Waals surface area contributed by atoms with Crippen LogP contribution in [0.1, 0.15) is 18.2 Å². The van der Waals surface area contributed by atoms with Gasteiger partial charge in [0, 0.05) is 20.5 Å². The fourth-order valence-electron chi connectivity index (χ4n) is 4.16. The van der Waals surface area contributed by atoms with Crippen LogP contribution in [0.4, 0.5) is 14.6 Å². The summed E-state index contributed by atoms with van der Waals surface area (Å²) in [6.07, 6.45) is -0.838. The summed E-state index contributed by atoms with van der Waals surface area (Å²) in [5.74, 6) is -5.07. The smallest absolute Gasteiger partial charge is 0.298 e. The zero-order valence-corrected chi connectivity index (χ0v) is 18.3. The highest BCUT2D eigenvalue weighted by Crippen LogP contribution is 2.49. The van der Waals surface area contributed by atoms with Crippen molar-refractivity contribution in [2.24, 2.45) is 11.7 Å². The van der Waals surface area contributed by atoms with Gasteiger partial charge in [-0.15, -0.1) is 0 Å². The second-order valence-electron chi connectivity index (χ2n) is 8.37. The monoisotopic (exact) mass is 460 g/mol. The summed E-state index contributed by atoms with van der Waals surface area (Å²) in [6.45, 7) is -0.664. The highest BCUT2D eigenvalue weighted by molar-refractivity contribution is 5.85. The number of rotatable bonds is 8. The zero-order valence-electron chi connectivity index (χ0n) is 18.3. The summed E-state index contributed by atoms with van der Waals surface area (Å²) in [6, 6.07) is 8.18. The van der Waals surface area contributed by atoms with Crippen molar-refractivity contribution in [3.8, 4) is 0 Å². The van der Waals surface area contributed by atoms with E-state index in [0.717, 1.165) is 10.1 Å². The number of aromatic nitrogens is 4. The maximum absolute atomic E-state index is 15.6. The van der Waals surface area contributed by atoms with Gasteiger partial charge in [-0.25, -0.2) is 23.7 Å². The van der Waals surface area contributed by atoms with Crippen molar-refractivity contribution < 1.29 is 23.4 Å². The Morgan fingerprint density at radius 1 is 1.27 bits per heavy atom. The van der Waals surface area contributed by atoms with Crippen LogP contribution >= 0.6 is 0 Å². The average Bonchev–Trinajstić information content (AvgIpc) is 3.32. The standard InChI is InChI=1S/C22H26F2N6O3/c1-29(2)19-18-20(27-11-26-19)30(12-28-18)21-22(23,24)14(17(10-31)33-21)9-16(32)15(25)8-13-6-4-3-5-7-13/h3-7,11-12,14-15,17,21,31H,8-10,25H2,1-2H3/t14-,15-,17+,21+/m0/s1. The lowest BCUT2D eigenvalue weighted by molar-refractivity contribution is -0.133. The van der Waals surface area contributed by atoms with E-state index in [0.29, 0.717) is 11.3 Å². The van der Waals surface area contributed by atoms with Gasteiger partial charge in [0.2, 0.25) is 6.23 Å². The number of ketones is 1. The van der Waals surface area contributed by atoms with E-state index < -0.39 is 49.0 Å². The lowest BCUT2D eigenvalue weighted by Crippen LogP contribution is -2.40. The number of hydrogen-bond acceptors (Lipinski definition) is 8. The van der Waals surface area contributed by atoms with E-state index in [1.54, 1.807) is 19.0 Å². The number of aliphatic hydroxyl groups is 1. The molecule has 1 saturated heterocycles. The number of aliphatic hydroxyl groups excluding tert-OH is 1. The molecule has 33 heavy (non-hydrogen) atoms. The maximum atomic E-state index is 15.6. The van der Waals surface area contributed by atoms with E-state index in [-0.39, 0.29) is 12.1 Å². The van der Waals surface area contributed by atoms with Crippen molar-refractivity contribution in [3.63, 3.8) is 0 Å². The summed E-state index contributed by atoms with van der Waals surface area (Å²) in [7, 11) is 3.51. The molecule has 9 nitrogen and oxygen atoms in total. The average molecular weight is 460 g/mol. The molecule has 1 aromatic carbocycles. The predicted octanol–water partition coefficient (Wildman–Crippen LogP) is 1.56. The van der Waals surface area contributed by atoms with E-state index in [1.165, 1.54) is 12.7 Å². The van der Waals surface area contributed by atoms with Gasteiger partial charge >= 0.3 is 0 Å². The minimum atomic E-state index is -3.48. The molecule has 3 heterocycles. The molecule has 3 N–H and O–H groups in total. The second-order valence-corrected chi connectivity index (χ2v) is 8.37. The van der Waals surface area contributed by atoms with E-state index in [1.807, 2.05) is 30.3 Å². The van der Waals surface area contributed by atoms with Gasteiger partial charge in [0.1, 0.15) is 12.1 Å². The Hall–Kier alpha value is -3.02. The summed E-state index contributed by atoms with van der Waals surface area (Å²) < 4.78 is 37.8. The first-order valence-corrected chi connectivity index (χ1v) is 10.5. The van der Waals surface area contributed by atoms with Crippen LogP contribution in [0.15, 0.2) is 43.0 Å². The van der Waals surface area contributed by atoms with Crippen molar-refractivity contribution >= 4 is 22.8 Å². The molecule has 3 aromatic rings. The number of ether oxygens (including phenoxy) is 1. The molecule has 176 valence electrons. The Balaban J connectivity index is 1.58. The third-order valence-corrected chi connectivity index (χ3v) is 5.90. The number of anilines is 1. The summed E-state index contributed by atoms with van der Waals surface area (Å²) in [5, 5.41) is 9.74. The lowest BCUT2D eigenvalue weighted by atomic mass is 9.88. The highest BCUT2D eigenvalue weighted by atomic mass is 19.3. The number of imidazole rings is 1. The van der Waals surface area contributed by atoms with Crippen LogP contribution in [0, 0.1) is 5.92 Å². The molecule has 0 aliphatic carbocycles. The molecule has 1 fully saturated rings. The topological polar surface area (TPSA) is 119 Å². The number of benzene rings is 1. The van der Waals surface area contributed by atoms with Crippen LogP contribution in [-0.4, -0.2) is 69.2 Å². The van der Waals surface area contributed by atoms with Gasteiger partial charge in [-0.1, -0.05) is 30.3 Å².